The van der Waals surface area contributed by atoms with Gasteiger partial charge in [0, 0.05) is 11.1 Å². The second-order valence-electron chi connectivity index (χ2n) is 5.73. The predicted molar refractivity (Wildman–Crippen MR) is 105 cm³/mol. The second kappa shape index (κ2) is 8.02. The topological polar surface area (TPSA) is 147 Å². The largest absolute Gasteiger partial charge is 0.477 e. The predicted octanol–water partition coefficient (Wildman–Crippen LogP) is 0.391. The molecule has 148 valence electrons. The van der Waals surface area contributed by atoms with E-state index in [0.29, 0.717) is 11.3 Å². The number of nitrogens with two attached hydrogens (primary N) is 1. The van der Waals surface area contributed by atoms with E-state index in [1.807, 2.05) is 0 Å². The van der Waals surface area contributed by atoms with Crippen LogP contribution in [0.1, 0.15) is 12.6 Å². The Bertz CT molecular complexity index is 922. The summed E-state index contributed by atoms with van der Waals surface area (Å²) in [5.74, 6) is -1.93. The third-order valence-electron chi connectivity index (χ3n) is 4.02. The summed E-state index contributed by atoms with van der Waals surface area (Å²) in [4.78, 5) is 46.8. The van der Waals surface area contributed by atoms with Crippen LogP contribution in [-0.4, -0.2) is 62.8 Å². The normalized spacial score (nSPS) is 22.1. The summed E-state index contributed by atoms with van der Waals surface area (Å²) in [6, 6.07) is -0.878. The van der Waals surface area contributed by atoms with Gasteiger partial charge < -0.3 is 21.0 Å². The van der Waals surface area contributed by atoms with Crippen molar-refractivity contribution >= 4 is 51.7 Å². The number of thioether (sulfide) groups is 1. The number of hydrogen-bond donors (Lipinski definition) is 3. The van der Waals surface area contributed by atoms with Crippen LogP contribution in [0.15, 0.2) is 34.0 Å². The van der Waals surface area contributed by atoms with Crippen LogP contribution in [0.4, 0.5) is 5.13 Å². The molecule has 0 aliphatic carbocycles. The second-order valence-corrected chi connectivity index (χ2v) is 7.73. The van der Waals surface area contributed by atoms with Crippen molar-refractivity contribution in [1.29, 1.82) is 0 Å². The summed E-state index contributed by atoms with van der Waals surface area (Å²) in [6.07, 6.45) is 3.39. The number of carboxylic acids is 1. The summed E-state index contributed by atoms with van der Waals surface area (Å²) in [7, 11) is 1.28. The van der Waals surface area contributed by atoms with Gasteiger partial charge in [-0.3, -0.25) is 14.5 Å². The number of β-lactam (4-membered cyclic amide) rings is 1. The van der Waals surface area contributed by atoms with Crippen molar-refractivity contribution in [3.63, 3.8) is 0 Å². The summed E-state index contributed by atoms with van der Waals surface area (Å²) < 4.78 is 0. The molecule has 0 bridgehead atoms. The molecule has 2 atom stereocenters. The van der Waals surface area contributed by atoms with Crippen molar-refractivity contribution in [2.24, 2.45) is 5.16 Å². The van der Waals surface area contributed by atoms with Crippen LogP contribution in [0.3, 0.4) is 0 Å². The number of nitrogen functional groups attached to an aromatic ring is 1. The number of carboxylic acid groups (broad SMARTS) is 1. The zero-order chi connectivity index (χ0) is 20.4. The molecule has 1 saturated heterocycles. The Balaban J connectivity index is 1.80. The molecule has 0 radical (unpaired) electrons. The summed E-state index contributed by atoms with van der Waals surface area (Å²) in [6.45, 7) is 1.77. The van der Waals surface area contributed by atoms with Crippen molar-refractivity contribution in [2.45, 2.75) is 18.3 Å². The molecule has 0 saturated carbocycles. The van der Waals surface area contributed by atoms with E-state index in [4.69, 9.17) is 10.6 Å². The van der Waals surface area contributed by atoms with Crippen LogP contribution in [0.2, 0.25) is 0 Å². The molecular formula is C16H17N5O5S2. The maximum Gasteiger partial charge on any atom is 0.352 e. The Hall–Kier alpha value is -2.86. The molecule has 4 N–H and O–H groups in total. The van der Waals surface area contributed by atoms with Crippen LogP contribution in [0, 0.1) is 0 Å². The fourth-order valence-corrected chi connectivity index (χ4v) is 4.74. The van der Waals surface area contributed by atoms with Gasteiger partial charge in [-0.2, -0.15) is 0 Å². The number of nitrogens with zero attached hydrogens (tertiary/aromatic N) is 3. The fourth-order valence-electron chi connectivity index (χ4n) is 2.87. The van der Waals surface area contributed by atoms with Gasteiger partial charge in [-0.1, -0.05) is 17.3 Å². The quantitative estimate of drug-likeness (QED) is 0.338. The molecule has 2 aliphatic heterocycles. The summed E-state index contributed by atoms with van der Waals surface area (Å²) in [5.41, 5.74) is 6.19. The maximum absolute atomic E-state index is 12.6. The monoisotopic (exact) mass is 423 g/mol. The number of carbonyl (C=O) groups excluding carboxylic acids is 2. The lowest BCUT2D eigenvalue weighted by Crippen LogP contribution is -2.71. The molecule has 12 heteroatoms. The number of nitrogens with one attached hydrogen (secondary N) is 1. The number of rotatable bonds is 6. The lowest BCUT2D eigenvalue weighted by Gasteiger charge is -2.49. The Morgan fingerprint density at radius 1 is 1.54 bits per heavy atom. The minimum Gasteiger partial charge on any atom is -0.477 e. The first-order chi connectivity index (χ1) is 13.4. The van der Waals surface area contributed by atoms with Crippen molar-refractivity contribution in [2.75, 3.05) is 18.6 Å². The number of thiazole rings is 1. The molecular weight excluding hydrogens is 406 g/mol. The van der Waals surface area contributed by atoms with Gasteiger partial charge in [0.25, 0.3) is 11.8 Å². The average molecular weight is 423 g/mol. The molecule has 1 aromatic rings. The molecule has 0 spiro atoms. The van der Waals surface area contributed by atoms with Crippen LogP contribution in [0.5, 0.6) is 0 Å². The Labute approximate surface area is 168 Å². The molecule has 2 aliphatic rings. The number of anilines is 1. The lowest BCUT2D eigenvalue weighted by molar-refractivity contribution is -0.150. The van der Waals surface area contributed by atoms with Gasteiger partial charge in [-0.05, 0) is 12.5 Å². The molecule has 3 rings (SSSR count). The van der Waals surface area contributed by atoms with E-state index < -0.39 is 29.2 Å². The Morgan fingerprint density at radius 2 is 2.29 bits per heavy atom. The van der Waals surface area contributed by atoms with Crippen molar-refractivity contribution in [3.8, 4) is 0 Å². The van der Waals surface area contributed by atoms with E-state index in [2.05, 4.69) is 15.5 Å². The van der Waals surface area contributed by atoms with Gasteiger partial charge in [-0.15, -0.1) is 23.1 Å². The lowest BCUT2D eigenvalue weighted by atomic mass is 10.0. The van der Waals surface area contributed by atoms with Crippen molar-refractivity contribution < 1.29 is 24.3 Å². The first-order valence-corrected chi connectivity index (χ1v) is 9.99. The standard InChI is InChI=1S/C16H17N5O5S2/c1-3-4-7-5-27-14-10(13(23)21(14)11(7)15(24)25)19-12(22)9(20-26-2)8-6-28-16(17)18-8/h3-4,6,10,14H,5H2,1-2H3,(H2,17,18)(H,19,22)(H,24,25)/b4-3?,20-9+/t10?,14-/m1/s1. The highest BCUT2D eigenvalue weighted by molar-refractivity contribution is 8.00. The van der Waals surface area contributed by atoms with Crippen LogP contribution < -0.4 is 11.1 Å². The van der Waals surface area contributed by atoms with Crippen LogP contribution in [0.25, 0.3) is 0 Å². The zero-order valence-electron chi connectivity index (χ0n) is 14.9. The first kappa shape index (κ1) is 19.9. The summed E-state index contributed by atoms with van der Waals surface area (Å²) in [5, 5.41) is 17.1. The number of hydrogen-bond acceptors (Lipinski definition) is 9. The third kappa shape index (κ3) is 3.47. The summed E-state index contributed by atoms with van der Waals surface area (Å²) >= 11 is 2.51. The molecule has 1 aromatic heterocycles. The van der Waals surface area contributed by atoms with E-state index in [1.165, 1.54) is 23.8 Å². The van der Waals surface area contributed by atoms with E-state index >= 15 is 0 Å². The van der Waals surface area contributed by atoms with Gasteiger partial charge in [0.15, 0.2) is 10.8 Å². The SMILES string of the molecule is CC=CC1=C(C(=O)O)N2C(=O)C(NC(=O)/C(=N/OC)c3csc(N)n3)[C@H]2SC1. The third-order valence-corrected chi connectivity index (χ3v) is 5.99. The Morgan fingerprint density at radius 3 is 2.86 bits per heavy atom. The molecule has 2 amide bonds. The van der Waals surface area contributed by atoms with Crippen molar-refractivity contribution in [1.82, 2.24) is 15.2 Å². The molecule has 0 aromatic carbocycles. The van der Waals surface area contributed by atoms with E-state index in [9.17, 15) is 19.5 Å². The molecule has 3 heterocycles. The fraction of sp³-hybridized carbons (Fsp3) is 0.312. The molecule has 10 nitrogen and oxygen atoms in total. The molecule has 28 heavy (non-hydrogen) atoms. The van der Waals surface area contributed by atoms with Gasteiger partial charge in [0.05, 0.1) is 0 Å². The smallest absolute Gasteiger partial charge is 0.352 e. The number of allylic oxidation sites excluding steroid dienone is 2. The number of fused-ring (bicyclic) bond motifs is 1. The van der Waals surface area contributed by atoms with Crippen LogP contribution in [-0.2, 0) is 19.2 Å². The van der Waals surface area contributed by atoms with Crippen LogP contribution >= 0.6 is 23.1 Å². The first-order valence-electron chi connectivity index (χ1n) is 8.06. The van der Waals surface area contributed by atoms with Gasteiger partial charge >= 0.3 is 5.97 Å². The van der Waals surface area contributed by atoms with E-state index in [0.717, 1.165) is 11.3 Å². The number of amides is 2. The number of oxime groups is 1. The Kier molecular flexibility index (Phi) is 5.70. The van der Waals surface area contributed by atoms with E-state index in [-0.39, 0.29) is 22.2 Å². The minimum absolute atomic E-state index is 0.0598. The van der Waals surface area contributed by atoms with Gasteiger partial charge in [0.2, 0.25) is 0 Å². The number of carbonyl (C=O) groups is 3. The van der Waals surface area contributed by atoms with Gasteiger partial charge in [-0.25, -0.2) is 9.78 Å². The average Bonchev–Trinajstić information content (AvgIpc) is 3.09. The number of aromatic nitrogens is 1. The molecule has 1 fully saturated rings. The highest BCUT2D eigenvalue weighted by Gasteiger charge is 2.54. The minimum atomic E-state index is -1.18. The highest BCUT2D eigenvalue weighted by atomic mass is 32.2. The zero-order valence-corrected chi connectivity index (χ0v) is 16.5. The van der Waals surface area contributed by atoms with Gasteiger partial charge in [0.1, 0.15) is 29.9 Å². The van der Waals surface area contributed by atoms with Crippen molar-refractivity contribution in [3.05, 3.63) is 34.5 Å². The van der Waals surface area contributed by atoms with E-state index in [1.54, 1.807) is 24.5 Å². The molecule has 1 unspecified atom stereocenters. The highest BCUT2D eigenvalue weighted by Crippen LogP contribution is 2.40. The number of aliphatic carboxylic acids is 1. The maximum atomic E-state index is 12.6.